The number of hydrogen-bond acceptors (Lipinski definition) is 6. The van der Waals surface area contributed by atoms with Crippen LogP contribution in [0.2, 0.25) is 0 Å². The molecule has 16 heavy (non-hydrogen) atoms. The van der Waals surface area contributed by atoms with E-state index in [1.807, 2.05) is 0 Å². The van der Waals surface area contributed by atoms with Crippen molar-refractivity contribution in [2.45, 2.75) is 26.5 Å². The first-order chi connectivity index (χ1) is 7.47. The van der Waals surface area contributed by atoms with Gasteiger partial charge >= 0.3 is 6.18 Å². The Labute approximate surface area is 103 Å². The van der Waals surface area contributed by atoms with Crippen molar-refractivity contribution in [1.29, 1.82) is 0 Å². The van der Waals surface area contributed by atoms with Crippen molar-refractivity contribution in [2.75, 3.05) is 12.8 Å². The monoisotopic (exact) mass is 289 g/mol. The molecule has 1 aromatic rings. The maximum atomic E-state index is 12.6. The molecule has 1 aromatic heterocycles. The van der Waals surface area contributed by atoms with Gasteiger partial charge in [-0.05, 0) is 19.2 Å². The second-order valence-corrected chi connectivity index (χ2v) is 6.24. The van der Waals surface area contributed by atoms with Gasteiger partial charge in [0.2, 0.25) is 0 Å². The zero-order chi connectivity index (χ0) is 12.2. The molecule has 0 bridgehead atoms. The van der Waals surface area contributed by atoms with Gasteiger partial charge < -0.3 is 5.73 Å². The topological polar surface area (TPSA) is 51.8 Å². The number of nitrogens with zero attached hydrogens (tertiary/aromatic N) is 2. The first-order valence-corrected chi connectivity index (χ1v) is 7.20. The summed E-state index contributed by atoms with van der Waals surface area (Å²) in [7, 11) is 0. The third kappa shape index (κ3) is 4.11. The number of halogens is 3. The maximum Gasteiger partial charge on any atom is 0.401 e. The molecule has 1 unspecified atom stereocenters. The van der Waals surface area contributed by atoms with E-state index in [4.69, 9.17) is 5.73 Å². The Morgan fingerprint density at radius 1 is 1.38 bits per heavy atom. The van der Waals surface area contributed by atoms with Crippen molar-refractivity contribution >= 4 is 34.9 Å². The van der Waals surface area contributed by atoms with Gasteiger partial charge in [0.15, 0.2) is 8.68 Å². The lowest BCUT2D eigenvalue weighted by Gasteiger charge is -2.17. The van der Waals surface area contributed by atoms with Crippen LogP contribution >= 0.6 is 34.9 Å². The largest absolute Gasteiger partial charge is 0.401 e. The first-order valence-electron chi connectivity index (χ1n) is 4.28. The fourth-order valence-electron chi connectivity index (χ4n) is 0.890. The Kier molecular flexibility index (Phi) is 5.35. The number of alkyl halides is 3. The van der Waals surface area contributed by atoms with E-state index in [-0.39, 0.29) is 13.0 Å². The van der Waals surface area contributed by atoms with E-state index < -0.39 is 11.4 Å². The Morgan fingerprint density at radius 3 is 2.44 bits per heavy atom. The minimum atomic E-state index is -4.25. The summed E-state index contributed by atoms with van der Waals surface area (Å²) in [5.74, 6) is 0. The molecule has 0 saturated carbocycles. The Hall–Kier alpha value is 0.01000. The Balaban J connectivity index is 2.67. The molecule has 1 atom stereocenters. The second kappa shape index (κ2) is 6.08. The third-order valence-corrected chi connectivity index (χ3v) is 4.90. The summed E-state index contributed by atoms with van der Waals surface area (Å²) in [6.07, 6.45) is -2.56. The lowest BCUT2D eigenvalue weighted by molar-refractivity contribution is -0.129. The number of hydrogen-bond donors (Lipinski definition) is 1. The number of thioether (sulfide) groups is 2. The highest BCUT2D eigenvalue weighted by Crippen LogP contribution is 2.38. The Morgan fingerprint density at radius 2 is 2.00 bits per heavy atom. The van der Waals surface area contributed by atoms with Gasteiger partial charge in [-0.15, -0.1) is 10.2 Å². The van der Waals surface area contributed by atoms with Gasteiger partial charge in [-0.3, -0.25) is 0 Å². The lowest BCUT2D eigenvalue weighted by atomic mass is 10.3. The average molecular weight is 289 g/mol. The summed E-state index contributed by atoms with van der Waals surface area (Å²) >= 11 is 3.21. The molecule has 0 radical (unpaired) electrons. The van der Waals surface area contributed by atoms with Crippen molar-refractivity contribution in [3.8, 4) is 0 Å². The second-order valence-electron chi connectivity index (χ2n) is 2.76. The molecule has 1 rings (SSSR count). The normalized spacial score (nSPS) is 14.1. The molecule has 0 aliphatic carbocycles. The van der Waals surface area contributed by atoms with Crippen LogP contribution in [0.4, 0.5) is 13.2 Å². The van der Waals surface area contributed by atoms with Gasteiger partial charge in [-0.1, -0.05) is 34.9 Å². The van der Waals surface area contributed by atoms with E-state index in [0.717, 1.165) is 0 Å². The van der Waals surface area contributed by atoms with Crippen molar-refractivity contribution < 1.29 is 13.2 Å². The van der Waals surface area contributed by atoms with Gasteiger partial charge in [0.25, 0.3) is 0 Å². The molecule has 0 fully saturated rings. The molecule has 0 aliphatic heterocycles. The van der Waals surface area contributed by atoms with Crippen LogP contribution in [0.25, 0.3) is 0 Å². The SMILES string of the molecule is CSc1nnc(SC(CCN)C(F)(F)F)s1. The van der Waals surface area contributed by atoms with Crippen molar-refractivity contribution in [1.82, 2.24) is 10.2 Å². The van der Waals surface area contributed by atoms with Crippen molar-refractivity contribution in [3.63, 3.8) is 0 Å². The van der Waals surface area contributed by atoms with E-state index in [9.17, 15) is 13.2 Å². The molecule has 1 heterocycles. The molecule has 3 nitrogen and oxygen atoms in total. The summed E-state index contributed by atoms with van der Waals surface area (Å²) in [4.78, 5) is 0. The predicted octanol–water partition coefficient (Wildman–Crippen LogP) is 2.63. The van der Waals surface area contributed by atoms with Gasteiger partial charge in [-0.2, -0.15) is 13.2 Å². The van der Waals surface area contributed by atoms with Gasteiger partial charge in [0.05, 0.1) is 0 Å². The maximum absolute atomic E-state index is 12.6. The number of rotatable bonds is 5. The summed E-state index contributed by atoms with van der Waals surface area (Å²) in [5, 5.41) is 5.93. The molecule has 2 N–H and O–H groups in total. The first kappa shape index (κ1) is 14.1. The van der Waals surface area contributed by atoms with Crippen LogP contribution in [0, 0.1) is 0 Å². The van der Waals surface area contributed by atoms with Crippen LogP contribution < -0.4 is 5.73 Å². The quantitative estimate of drug-likeness (QED) is 0.845. The molecule has 9 heteroatoms. The van der Waals surface area contributed by atoms with Crippen LogP contribution in [-0.4, -0.2) is 34.4 Å². The van der Waals surface area contributed by atoms with E-state index in [0.29, 0.717) is 20.4 Å². The molecule has 0 spiro atoms. The molecule has 0 amide bonds. The molecular weight excluding hydrogens is 279 g/mol. The van der Waals surface area contributed by atoms with E-state index in [1.54, 1.807) is 6.26 Å². The minimum Gasteiger partial charge on any atom is -0.330 e. The lowest BCUT2D eigenvalue weighted by Crippen LogP contribution is -2.28. The minimum absolute atomic E-state index is 0.00532. The number of aromatic nitrogens is 2. The highest BCUT2D eigenvalue weighted by atomic mass is 32.2. The summed E-state index contributed by atoms with van der Waals surface area (Å²) in [6, 6.07) is 0. The van der Waals surface area contributed by atoms with Crippen LogP contribution in [-0.2, 0) is 0 Å². The third-order valence-electron chi connectivity index (χ3n) is 1.60. The zero-order valence-corrected chi connectivity index (χ0v) is 10.8. The van der Waals surface area contributed by atoms with Crippen LogP contribution in [0.15, 0.2) is 8.68 Å². The van der Waals surface area contributed by atoms with E-state index in [2.05, 4.69) is 10.2 Å². The summed E-state index contributed by atoms with van der Waals surface area (Å²) in [6.45, 7) is 0.00532. The predicted molar refractivity (Wildman–Crippen MR) is 61.1 cm³/mol. The molecular formula is C7H10F3N3S3. The van der Waals surface area contributed by atoms with Crippen molar-refractivity contribution in [2.24, 2.45) is 5.73 Å². The highest BCUT2D eigenvalue weighted by molar-refractivity contribution is 8.03. The van der Waals surface area contributed by atoms with Gasteiger partial charge in [-0.25, -0.2) is 0 Å². The van der Waals surface area contributed by atoms with Gasteiger partial charge in [0.1, 0.15) is 5.25 Å². The van der Waals surface area contributed by atoms with Crippen molar-refractivity contribution in [3.05, 3.63) is 0 Å². The number of nitrogens with two attached hydrogens (primary N) is 1. The standard InChI is InChI=1S/C7H10F3N3S3/c1-14-5-12-13-6(16-5)15-4(2-3-11)7(8,9)10/h4H,2-3,11H2,1H3. The molecule has 92 valence electrons. The summed E-state index contributed by atoms with van der Waals surface area (Å²) in [5.41, 5.74) is 5.16. The van der Waals surface area contributed by atoms with Gasteiger partial charge in [0, 0.05) is 0 Å². The van der Waals surface area contributed by atoms with E-state index in [1.165, 1.54) is 23.1 Å². The highest BCUT2D eigenvalue weighted by Gasteiger charge is 2.40. The zero-order valence-electron chi connectivity index (χ0n) is 8.32. The Bertz CT molecular complexity index is 328. The molecule has 0 saturated heterocycles. The molecule has 0 aromatic carbocycles. The summed E-state index contributed by atoms with van der Waals surface area (Å²) < 4.78 is 38.7. The van der Waals surface area contributed by atoms with Crippen LogP contribution in [0.1, 0.15) is 6.42 Å². The average Bonchev–Trinajstić information content (AvgIpc) is 2.63. The fraction of sp³-hybridized carbons (Fsp3) is 0.714. The van der Waals surface area contributed by atoms with E-state index >= 15 is 0 Å². The molecule has 0 aliphatic rings. The van der Waals surface area contributed by atoms with Crippen LogP contribution in [0.3, 0.4) is 0 Å². The fourth-order valence-corrected chi connectivity index (χ4v) is 3.55. The smallest absolute Gasteiger partial charge is 0.330 e. The van der Waals surface area contributed by atoms with Crippen LogP contribution in [0.5, 0.6) is 0 Å².